The highest BCUT2D eigenvalue weighted by Crippen LogP contribution is 2.34. The molecule has 552 valence electrons. The van der Waals surface area contributed by atoms with E-state index >= 15 is 0 Å². The second kappa shape index (κ2) is 36.1. The predicted molar refractivity (Wildman–Crippen MR) is 405 cm³/mol. The lowest BCUT2D eigenvalue weighted by atomic mass is 10.1. The summed E-state index contributed by atoms with van der Waals surface area (Å²) in [5, 5.41) is 37.5. The Morgan fingerprint density at radius 2 is 0.660 bits per heavy atom. The van der Waals surface area contributed by atoms with Crippen LogP contribution < -0.4 is 45.3 Å². The van der Waals surface area contributed by atoms with E-state index in [9.17, 15) is 52.9 Å². The van der Waals surface area contributed by atoms with E-state index in [0.29, 0.717) is 153 Å². The van der Waals surface area contributed by atoms with Gasteiger partial charge in [-0.2, -0.15) is 0 Å². The number of aliphatic carboxylic acids is 3. The molecule has 3 saturated heterocycles. The molecular formula is C78H84ClF2N15O10. The van der Waals surface area contributed by atoms with E-state index < -0.39 is 29.5 Å². The maximum Gasteiger partial charge on any atom is 0.308 e. The average molecular weight is 1470 g/mol. The Hall–Kier alpha value is -11.7. The van der Waals surface area contributed by atoms with Crippen LogP contribution in [0.25, 0.3) is 0 Å². The number of carbonyl (C=O) groups is 6. The van der Waals surface area contributed by atoms with Crippen LogP contribution in [0.15, 0.2) is 146 Å². The van der Waals surface area contributed by atoms with Gasteiger partial charge in [-0.3, -0.25) is 28.8 Å². The fourth-order valence-electron chi connectivity index (χ4n) is 12.3. The predicted octanol–water partition coefficient (Wildman–Crippen LogP) is 11.0. The topological polar surface area (TPSA) is 305 Å². The SMILES string of the molecule is CN(C)c1nc(Cc2ccc(NC(=O)c3ccc(Cl)cc3)cc2)nc(N2CCCC2)c1CC(=O)O.CN(C)c1nc(Cc2ccc(NC(=O)c3ccc(F)cc3)cc2)nc(N2CCCC2)c1CC(=O)O.CN(C)c1nc(Cc2ccc(NC(=O)c3ccc(F)cc3)cc2)nc(N2CCOCC2)c1CC(=O)O. The largest absolute Gasteiger partial charge is 0.481 e. The van der Waals surface area contributed by atoms with Crippen LogP contribution in [0.1, 0.15) is 108 Å². The second-order valence-corrected chi connectivity index (χ2v) is 26.6. The van der Waals surface area contributed by atoms with Crippen LogP contribution >= 0.6 is 11.6 Å². The number of amides is 3. The van der Waals surface area contributed by atoms with Crippen LogP contribution in [0.2, 0.25) is 5.02 Å². The third-order valence-corrected chi connectivity index (χ3v) is 17.7. The standard InChI is InChI=1S/C26H28ClN5O3.C26H28FN5O4.C26H28FN5O3/c1-31(2)24-21(16-23(33)34)25(32-13-3-4-14-32)30-22(29-24)15-17-5-11-20(12-6-17)28-26(35)18-7-9-19(27)10-8-18;1-31(2)24-21(16-23(33)34)25(32-11-13-36-14-12-32)30-22(29-24)15-17-3-9-20(10-4-17)28-26(35)18-5-7-19(27)8-6-18;1-31(2)24-21(16-23(33)34)25(32-13-3-4-14-32)30-22(29-24)15-17-5-11-20(12-6-17)28-26(35)18-7-9-19(27)10-8-18/h5-12H,3-4,13-16H2,1-2H3,(H,28,35)(H,33,34);3-10H,11-16H2,1-2H3,(H,28,35)(H,33,34);5-12H,3-4,13-16H2,1-2H3,(H,28,35)(H,33,34). The quantitative estimate of drug-likeness (QED) is 0.0327. The molecule has 0 saturated carbocycles. The number of aromatic nitrogens is 6. The molecule has 6 N–H and O–H groups in total. The van der Waals surface area contributed by atoms with Crippen molar-refractivity contribution in [2.75, 3.05) is 140 Å². The molecule has 9 aromatic rings. The van der Waals surface area contributed by atoms with E-state index in [4.69, 9.17) is 41.3 Å². The van der Waals surface area contributed by atoms with Crippen molar-refractivity contribution >= 4 is 99.2 Å². The number of halogens is 3. The number of anilines is 9. The van der Waals surface area contributed by atoms with Gasteiger partial charge < -0.3 is 65.4 Å². The summed E-state index contributed by atoms with van der Waals surface area (Å²) in [6.07, 6.45) is 5.16. The van der Waals surface area contributed by atoms with Gasteiger partial charge in [0.05, 0.1) is 32.5 Å². The fourth-order valence-corrected chi connectivity index (χ4v) is 12.4. The smallest absolute Gasteiger partial charge is 0.308 e. The maximum atomic E-state index is 13.1. The number of carboxylic acids is 3. The molecule has 12 rings (SSSR count). The Bertz CT molecular complexity index is 4370. The summed E-state index contributed by atoms with van der Waals surface area (Å²) >= 11 is 5.89. The van der Waals surface area contributed by atoms with E-state index in [-0.39, 0.29) is 37.0 Å². The molecule has 0 radical (unpaired) electrons. The first-order chi connectivity index (χ1) is 50.9. The van der Waals surface area contributed by atoms with Crippen molar-refractivity contribution < 1.29 is 57.6 Å². The number of morpholine rings is 1. The van der Waals surface area contributed by atoms with Crippen LogP contribution in [0.4, 0.5) is 60.8 Å². The molecule has 25 nitrogen and oxygen atoms in total. The van der Waals surface area contributed by atoms with Crippen LogP contribution in [0.5, 0.6) is 0 Å². The number of hydrogen-bond acceptors (Lipinski definition) is 19. The second-order valence-electron chi connectivity index (χ2n) is 26.2. The minimum Gasteiger partial charge on any atom is -0.481 e. The molecule has 6 heterocycles. The minimum atomic E-state index is -0.942. The van der Waals surface area contributed by atoms with E-state index in [0.717, 1.165) is 68.6 Å². The van der Waals surface area contributed by atoms with Crippen LogP contribution in [0.3, 0.4) is 0 Å². The van der Waals surface area contributed by atoms with E-state index in [2.05, 4.69) is 30.7 Å². The van der Waals surface area contributed by atoms with Crippen LogP contribution in [-0.4, -0.2) is 176 Å². The Kier molecular flexibility index (Phi) is 26.2. The number of hydrogen-bond donors (Lipinski definition) is 6. The molecule has 0 aliphatic carbocycles. The van der Waals surface area contributed by atoms with Gasteiger partial charge in [-0.1, -0.05) is 48.0 Å². The zero-order valence-electron chi connectivity index (χ0n) is 59.8. The number of nitrogens with zero attached hydrogens (tertiary/aromatic N) is 12. The molecule has 0 atom stereocenters. The summed E-state index contributed by atoms with van der Waals surface area (Å²) in [6.45, 7) is 5.76. The number of rotatable bonds is 24. The van der Waals surface area contributed by atoms with E-state index in [1.807, 2.05) is 110 Å². The summed E-state index contributed by atoms with van der Waals surface area (Å²) in [5.74, 6) is 1.24. The lowest BCUT2D eigenvalue weighted by Gasteiger charge is -2.31. The lowest BCUT2D eigenvalue weighted by molar-refractivity contribution is -0.137. The van der Waals surface area contributed by atoms with Gasteiger partial charge in [0.15, 0.2) is 0 Å². The third kappa shape index (κ3) is 21.2. The molecule has 0 bridgehead atoms. The van der Waals surface area contributed by atoms with Gasteiger partial charge in [0.1, 0.15) is 64.0 Å². The van der Waals surface area contributed by atoms with E-state index in [1.54, 1.807) is 48.5 Å². The molecule has 3 aromatic heterocycles. The number of ether oxygens (including phenoxy) is 1. The zero-order chi connectivity index (χ0) is 75.6. The van der Waals surface area contributed by atoms with Crippen molar-refractivity contribution in [3.05, 3.63) is 230 Å². The van der Waals surface area contributed by atoms with Crippen LogP contribution in [0, 0.1) is 11.6 Å². The molecule has 0 spiro atoms. The summed E-state index contributed by atoms with van der Waals surface area (Å²) in [5.41, 5.74) is 7.89. The van der Waals surface area contributed by atoms with Gasteiger partial charge in [0, 0.05) is 156 Å². The number of carbonyl (C=O) groups excluding carboxylic acids is 3. The Balaban J connectivity index is 0.000000170. The molecule has 106 heavy (non-hydrogen) atoms. The van der Waals surface area contributed by atoms with Gasteiger partial charge in [-0.15, -0.1) is 0 Å². The monoisotopic (exact) mass is 1460 g/mol. The molecule has 6 aromatic carbocycles. The van der Waals surface area contributed by atoms with E-state index in [1.165, 1.54) is 48.5 Å². The van der Waals surface area contributed by atoms with Gasteiger partial charge >= 0.3 is 17.9 Å². The summed E-state index contributed by atoms with van der Waals surface area (Å²) in [4.78, 5) is 112. The molecule has 28 heteroatoms. The van der Waals surface area contributed by atoms with Gasteiger partial charge in [0.25, 0.3) is 17.7 Å². The van der Waals surface area contributed by atoms with Crippen molar-refractivity contribution in [1.82, 2.24) is 29.9 Å². The third-order valence-electron chi connectivity index (χ3n) is 17.4. The molecule has 3 fully saturated rings. The molecular weight excluding hydrogens is 1380 g/mol. The van der Waals surface area contributed by atoms with Crippen LogP contribution in [-0.2, 0) is 57.6 Å². The van der Waals surface area contributed by atoms with Crippen molar-refractivity contribution in [2.24, 2.45) is 0 Å². The summed E-state index contributed by atoms with van der Waals surface area (Å²) in [7, 11) is 11.1. The first-order valence-electron chi connectivity index (χ1n) is 34.6. The highest BCUT2D eigenvalue weighted by atomic mass is 35.5. The van der Waals surface area contributed by atoms with Gasteiger partial charge in [-0.25, -0.2) is 38.7 Å². The Morgan fingerprint density at radius 3 is 0.925 bits per heavy atom. The molecule has 3 amide bonds. The number of nitrogens with one attached hydrogen (secondary N) is 3. The van der Waals surface area contributed by atoms with Gasteiger partial charge in [-0.05, 0) is 152 Å². The normalized spacial score (nSPS) is 13.2. The van der Waals surface area contributed by atoms with Gasteiger partial charge in [0.2, 0.25) is 0 Å². The van der Waals surface area contributed by atoms with Crippen molar-refractivity contribution in [3.8, 4) is 0 Å². The molecule has 3 aliphatic rings. The van der Waals surface area contributed by atoms with Crippen molar-refractivity contribution in [3.63, 3.8) is 0 Å². The lowest BCUT2D eigenvalue weighted by Crippen LogP contribution is -2.38. The number of carboxylic acid groups (broad SMARTS) is 3. The van der Waals surface area contributed by atoms with Crippen molar-refractivity contribution in [2.45, 2.75) is 64.2 Å². The Labute approximate surface area is 617 Å². The van der Waals surface area contributed by atoms with Crippen molar-refractivity contribution in [1.29, 1.82) is 0 Å². The highest BCUT2D eigenvalue weighted by molar-refractivity contribution is 6.30. The first-order valence-corrected chi connectivity index (χ1v) is 34.9. The molecule has 3 aliphatic heterocycles. The maximum absolute atomic E-state index is 13.1. The fraction of sp³-hybridized carbons (Fsp3) is 0.308. The minimum absolute atomic E-state index is 0.123. The Morgan fingerprint density at radius 1 is 0.396 bits per heavy atom. The first kappa shape index (κ1) is 76.9. The zero-order valence-corrected chi connectivity index (χ0v) is 60.5. The summed E-state index contributed by atoms with van der Waals surface area (Å²) < 4.78 is 31.6. The summed E-state index contributed by atoms with van der Waals surface area (Å²) in [6, 6.07) is 39.7. The number of benzene rings is 6. The molecule has 0 unspecified atom stereocenters. The average Bonchev–Trinajstić information content (AvgIpc) is 1.30. The highest BCUT2D eigenvalue weighted by Gasteiger charge is 2.29.